The predicted octanol–water partition coefficient (Wildman–Crippen LogP) is 4.90. The van der Waals surface area contributed by atoms with Crippen LogP contribution in [-0.2, 0) is 12.0 Å². The number of fused-ring (bicyclic) bond motifs is 2. The number of hydrogen-bond acceptors (Lipinski definition) is 6. The molecular weight excluding hydrogens is 449 g/mol. The topological polar surface area (TPSA) is 79.4 Å². The summed E-state index contributed by atoms with van der Waals surface area (Å²) in [5.74, 6) is 0.250. The maximum Gasteiger partial charge on any atom is 0.268 e. The number of benzene rings is 2. The predicted molar refractivity (Wildman–Crippen MR) is 125 cm³/mol. The van der Waals surface area contributed by atoms with E-state index in [9.17, 15) is 4.79 Å². The van der Waals surface area contributed by atoms with Gasteiger partial charge in [0.15, 0.2) is 6.73 Å². The van der Waals surface area contributed by atoms with Gasteiger partial charge in [-0.1, -0.05) is 35.3 Å². The van der Waals surface area contributed by atoms with E-state index < -0.39 is 0 Å². The quantitative estimate of drug-likeness (QED) is 0.567. The van der Waals surface area contributed by atoms with Crippen molar-refractivity contribution in [3.8, 4) is 5.88 Å². The molecule has 7 nitrogen and oxygen atoms in total. The van der Waals surface area contributed by atoms with Gasteiger partial charge in [0.1, 0.15) is 5.56 Å². The Morgan fingerprint density at radius 3 is 2.75 bits per heavy atom. The lowest BCUT2D eigenvalue weighted by Crippen LogP contribution is -2.42. The number of halogens is 2. The van der Waals surface area contributed by atoms with E-state index in [0.717, 1.165) is 18.7 Å². The van der Waals surface area contributed by atoms with Crippen LogP contribution < -0.4 is 20.3 Å². The minimum atomic E-state index is -0.323. The van der Waals surface area contributed by atoms with Crippen LogP contribution in [0.5, 0.6) is 5.88 Å². The summed E-state index contributed by atoms with van der Waals surface area (Å²) in [5, 5.41) is 7.48. The standard InChI is InChI=1S/C23H21Cl2N5O2/c1-23(2)16-7-6-14(10-13(16)8-9-27-23)28-22-26-11-15-20(29-22)32-12-30(21(15)31)19-17(24)4-3-5-18(19)25/h3-7,10-11,27H,8-9,12H2,1-2H3,(H,26,28,29). The smallest absolute Gasteiger partial charge is 0.268 e. The number of amides is 1. The van der Waals surface area contributed by atoms with Crippen LogP contribution in [0.2, 0.25) is 10.0 Å². The number of nitrogens with zero attached hydrogens (tertiary/aromatic N) is 3. The van der Waals surface area contributed by atoms with Gasteiger partial charge >= 0.3 is 0 Å². The Kier molecular flexibility index (Phi) is 5.20. The number of carbonyl (C=O) groups is 1. The zero-order valence-electron chi connectivity index (χ0n) is 17.6. The Morgan fingerprint density at radius 2 is 1.97 bits per heavy atom. The Balaban J connectivity index is 1.40. The van der Waals surface area contributed by atoms with E-state index in [1.54, 1.807) is 18.2 Å². The lowest BCUT2D eigenvalue weighted by molar-refractivity contribution is 0.0932. The van der Waals surface area contributed by atoms with E-state index >= 15 is 0 Å². The molecule has 1 amide bonds. The van der Waals surface area contributed by atoms with Crippen molar-refractivity contribution < 1.29 is 9.53 Å². The van der Waals surface area contributed by atoms with Crippen molar-refractivity contribution in [2.24, 2.45) is 0 Å². The van der Waals surface area contributed by atoms with E-state index in [4.69, 9.17) is 27.9 Å². The van der Waals surface area contributed by atoms with Gasteiger partial charge in [0.25, 0.3) is 5.91 Å². The van der Waals surface area contributed by atoms with Crippen molar-refractivity contribution in [2.75, 3.05) is 23.5 Å². The van der Waals surface area contributed by atoms with E-state index in [-0.39, 0.29) is 29.6 Å². The molecule has 1 aromatic heterocycles. The van der Waals surface area contributed by atoms with E-state index in [0.29, 0.717) is 21.7 Å². The van der Waals surface area contributed by atoms with Crippen LogP contribution in [0, 0.1) is 0 Å². The van der Waals surface area contributed by atoms with Crippen molar-refractivity contribution in [1.29, 1.82) is 0 Å². The summed E-state index contributed by atoms with van der Waals surface area (Å²) in [6.07, 6.45) is 2.41. The Bertz CT molecular complexity index is 1210. The van der Waals surface area contributed by atoms with Crippen molar-refractivity contribution in [1.82, 2.24) is 15.3 Å². The highest BCUT2D eigenvalue weighted by molar-refractivity contribution is 6.40. The molecule has 5 rings (SSSR count). The fourth-order valence-electron chi connectivity index (χ4n) is 4.15. The summed E-state index contributed by atoms with van der Waals surface area (Å²) in [7, 11) is 0. The number of ether oxygens (including phenoxy) is 1. The molecule has 3 aromatic rings. The number of nitrogens with one attached hydrogen (secondary N) is 2. The highest BCUT2D eigenvalue weighted by atomic mass is 35.5. The van der Waals surface area contributed by atoms with Gasteiger partial charge in [-0.3, -0.25) is 9.69 Å². The highest BCUT2D eigenvalue weighted by Gasteiger charge is 2.31. The van der Waals surface area contributed by atoms with Crippen molar-refractivity contribution >= 4 is 46.4 Å². The van der Waals surface area contributed by atoms with Crippen LogP contribution in [0.3, 0.4) is 0 Å². The molecule has 9 heteroatoms. The molecule has 0 aliphatic carbocycles. The molecule has 0 spiro atoms. The van der Waals surface area contributed by atoms with E-state index in [2.05, 4.69) is 46.6 Å². The average molecular weight is 470 g/mol. The lowest BCUT2D eigenvalue weighted by Gasteiger charge is -2.34. The molecular formula is C23H21Cl2N5O2. The monoisotopic (exact) mass is 469 g/mol. The maximum atomic E-state index is 13.0. The number of para-hydroxylation sites is 1. The van der Waals surface area contributed by atoms with Gasteiger partial charge in [-0.2, -0.15) is 4.98 Å². The number of hydrogen-bond donors (Lipinski definition) is 2. The lowest BCUT2D eigenvalue weighted by atomic mass is 9.85. The first-order valence-corrected chi connectivity index (χ1v) is 11.0. The molecule has 2 aliphatic rings. The zero-order valence-corrected chi connectivity index (χ0v) is 19.1. The Hall–Kier alpha value is -2.87. The van der Waals surface area contributed by atoms with Crippen molar-refractivity contribution in [3.05, 3.63) is 69.3 Å². The number of rotatable bonds is 3. The molecule has 0 saturated carbocycles. The molecule has 164 valence electrons. The second-order valence-corrected chi connectivity index (χ2v) is 9.10. The first kappa shape index (κ1) is 21.0. The summed E-state index contributed by atoms with van der Waals surface area (Å²) in [5.41, 5.74) is 4.05. The van der Waals surface area contributed by atoms with E-state index in [1.807, 2.05) is 6.07 Å². The summed E-state index contributed by atoms with van der Waals surface area (Å²) in [4.78, 5) is 23.1. The second kappa shape index (κ2) is 7.92. The summed E-state index contributed by atoms with van der Waals surface area (Å²) in [6.45, 7) is 5.24. The Morgan fingerprint density at radius 1 is 1.19 bits per heavy atom. The fraction of sp³-hybridized carbons (Fsp3) is 0.261. The van der Waals surface area contributed by atoms with Gasteiger partial charge in [-0.15, -0.1) is 0 Å². The SMILES string of the molecule is CC1(C)NCCc2cc(Nc3ncc4c(n3)OCN(c3c(Cl)cccc3Cl)C4=O)ccc21. The Labute approximate surface area is 195 Å². The zero-order chi connectivity index (χ0) is 22.5. The van der Waals surface area contributed by atoms with Gasteiger partial charge < -0.3 is 15.4 Å². The molecule has 2 aromatic carbocycles. The van der Waals surface area contributed by atoms with Gasteiger partial charge in [0.2, 0.25) is 11.8 Å². The van der Waals surface area contributed by atoms with Gasteiger partial charge in [0.05, 0.1) is 15.7 Å². The first-order chi connectivity index (χ1) is 15.3. The molecule has 0 bridgehead atoms. The highest BCUT2D eigenvalue weighted by Crippen LogP contribution is 2.37. The largest absolute Gasteiger partial charge is 0.455 e. The van der Waals surface area contributed by atoms with Crippen LogP contribution >= 0.6 is 23.2 Å². The molecule has 0 saturated heterocycles. The summed E-state index contributed by atoms with van der Waals surface area (Å²) in [6, 6.07) is 11.3. The van der Waals surface area contributed by atoms with Gasteiger partial charge in [0, 0.05) is 17.4 Å². The average Bonchev–Trinajstić information content (AvgIpc) is 2.75. The summed E-state index contributed by atoms with van der Waals surface area (Å²) < 4.78 is 5.76. The second-order valence-electron chi connectivity index (χ2n) is 8.29. The third-order valence-electron chi connectivity index (χ3n) is 5.76. The molecule has 0 unspecified atom stereocenters. The fourth-order valence-corrected chi connectivity index (χ4v) is 4.75. The van der Waals surface area contributed by atoms with Crippen LogP contribution in [-0.4, -0.2) is 29.2 Å². The van der Waals surface area contributed by atoms with Crippen molar-refractivity contribution in [2.45, 2.75) is 25.8 Å². The molecule has 3 heterocycles. The van der Waals surface area contributed by atoms with Crippen LogP contribution in [0.15, 0.2) is 42.6 Å². The van der Waals surface area contributed by atoms with Gasteiger partial charge in [-0.05, 0) is 62.2 Å². The minimum absolute atomic E-state index is 0.0489. The number of carbonyl (C=O) groups excluding carboxylic acids is 1. The maximum absolute atomic E-state index is 13.0. The molecule has 32 heavy (non-hydrogen) atoms. The molecule has 0 atom stereocenters. The van der Waals surface area contributed by atoms with Crippen LogP contribution in [0.4, 0.5) is 17.3 Å². The minimum Gasteiger partial charge on any atom is -0.455 e. The normalized spacial score (nSPS) is 16.8. The van der Waals surface area contributed by atoms with Gasteiger partial charge in [-0.25, -0.2) is 4.98 Å². The van der Waals surface area contributed by atoms with Crippen LogP contribution in [0.1, 0.15) is 35.3 Å². The molecule has 2 aliphatic heterocycles. The summed E-state index contributed by atoms with van der Waals surface area (Å²) >= 11 is 12.5. The van der Waals surface area contributed by atoms with Crippen LogP contribution in [0.25, 0.3) is 0 Å². The molecule has 2 N–H and O–H groups in total. The number of aromatic nitrogens is 2. The molecule has 0 radical (unpaired) electrons. The molecule has 0 fully saturated rings. The van der Waals surface area contributed by atoms with E-state index in [1.165, 1.54) is 22.2 Å². The number of anilines is 3. The third-order valence-corrected chi connectivity index (χ3v) is 6.37. The first-order valence-electron chi connectivity index (χ1n) is 10.2. The van der Waals surface area contributed by atoms with Crippen molar-refractivity contribution in [3.63, 3.8) is 0 Å². The third kappa shape index (κ3) is 3.66.